The molecule has 0 fully saturated rings. The van der Waals surface area contributed by atoms with Crippen LogP contribution in [0.1, 0.15) is 11.7 Å². The van der Waals surface area contributed by atoms with Crippen molar-refractivity contribution < 1.29 is 4.39 Å². The number of halogens is 3. The Morgan fingerprint density at radius 1 is 1.55 bits per heavy atom. The van der Waals surface area contributed by atoms with Gasteiger partial charge in [0.1, 0.15) is 6.17 Å². The van der Waals surface area contributed by atoms with E-state index in [1.807, 2.05) is 0 Å². The lowest BCUT2D eigenvalue weighted by Crippen LogP contribution is -1.86. The summed E-state index contributed by atoms with van der Waals surface area (Å²) in [7, 11) is 0. The summed E-state index contributed by atoms with van der Waals surface area (Å²) >= 11 is 8.93. The molecule has 1 rings (SSSR count). The lowest BCUT2D eigenvalue weighted by Gasteiger charge is -2.04. The normalized spacial score (nSPS) is 13.1. The predicted octanol–water partition coefficient (Wildman–Crippen LogP) is 3.95. The van der Waals surface area contributed by atoms with Crippen molar-refractivity contribution in [1.29, 1.82) is 0 Å². The van der Waals surface area contributed by atoms with E-state index >= 15 is 0 Å². The number of alkyl halides is 1. The number of hydrogen-bond donors (Lipinski definition) is 0. The Hall–Kier alpha value is -0.0800. The molecule has 1 aromatic carbocycles. The summed E-state index contributed by atoms with van der Waals surface area (Å²) in [5, 5.41) is 0.405. The van der Waals surface area contributed by atoms with Gasteiger partial charge in [0.25, 0.3) is 0 Å². The highest BCUT2D eigenvalue weighted by atomic mass is 79.9. The van der Waals surface area contributed by atoms with Crippen molar-refractivity contribution in [2.75, 3.05) is 0 Å². The Labute approximate surface area is 78.5 Å². The largest absolute Gasteiger partial charge is 0.242 e. The molecule has 1 unspecified atom stereocenters. The first-order valence-corrected chi connectivity index (χ1v) is 4.20. The van der Waals surface area contributed by atoms with Crippen molar-refractivity contribution in [3.05, 3.63) is 40.2 Å². The molecule has 0 N–H and O–H groups in total. The molecule has 1 radical (unpaired) electrons. The zero-order valence-corrected chi connectivity index (χ0v) is 7.99. The van der Waals surface area contributed by atoms with Gasteiger partial charge in [-0.1, -0.05) is 33.6 Å². The highest BCUT2D eigenvalue weighted by Gasteiger charge is 2.07. The van der Waals surface area contributed by atoms with Crippen molar-refractivity contribution in [2.24, 2.45) is 0 Å². The molecule has 0 aliphatic carbocycles. The summed E-state index contributed by atoms with van der Waals surface area (Å²) in [5.41, 5.74) is 0.426. The minimum absolute atomic E-state index is 0.405. The molecule has 0 saturated heterocycles. The van der Waals surface area contributed by atoms with Crippen LogP contribution in [0.2, 0.25) is 5.02 Å². The van der Waals surface area contributed by atoms with Crippen LogP contribution >= 0.6 is 27.5 Å². The first-order valence-electron chi connectivity index (χ1n) is 3.03. The van der Waals surface area contributed by atoms with E-state index in [0.717, 1.165) is 4.47 Å². The highest BCUT2D eigenvalue weighted by molar-refractivity contribution is 9.10. The van der Waals surface area contributed by atoms with Crippen molar-refractivity contribution in [2.45, 2.75) is 6.17 Å². The SMILES string of the molecule is [CH2]C(F)c1ccc(Br)cc1Cl. The summed E-state index contributed by atoms with van der Waals surface area (Å²) in [6.07, 6.45) is -1.25. The Morgan fingerprint density at radius 2 is 2.18 bits per heavy atom. The Balaban J connectivity index is 3.09. The van der Waals surface area contributed by atoms with Gasteiger partial charge in [-0.2, -0.15) is 0 Å². The summed E-state index contributed by atoms with van der Waals surface area (Å²) in [5.74, 6) is 0. The molecule has 0 aromatic heterocycles. The van der Waals surface area contributed by atoms with Gasteiger partial charge < -0.3 is 0 Å². The molecular formula is C8H6BrClF. The molecule has 1 atom stereocenters. The van der Waals surface area contributed by atoms with Gasteiger partial charge in [0.05, 0.1) is 0 Å². The maximum atomic E-state index is 12.6. The van der Waals surface area contributed by atoms with Crippen molar-refractivity contribution in [1.82, 2.24) is 0 Å². The predicted molar refractivity (Wildman–Crippen MR) is 48.4 cm³/mol. The van der Waals surface area contributed by atoms with Crippen molar-refractivity contribution in [3.8, 4) is 0 Å². The molecule has 0 aliphatic rings. The Morgan fingerprint density at radius 3 is 2.64 bits per heavy atom. The van der Waals surface area contributed by atoms with Crippen LogP contribution in [0.3, 0.4) is 0 Å². The van der Waals surface area contributed by atoms with E-state index in [1.54, 1.807) is 18.2 Å². The van der Waals surface area contributed by atoms with E-state index < -0.39 is 6.17 Å². The summed E-state index contributed by atoms with van der Waals surface area (Å²) in [6, 6.07) is 5.00. The molecule has 1 aromatic rings. The molecule has 0 nitrogen and oxygen atoms in total. The highest BCUT2D eigenvalue weighted by Crippen LogP contribution is 2.27. The van der Waals surface area contributed by atoms with Gasteiger partial charge in [0, 0.05) is 15.1 Å². The van der Waals surface area contributed by atoms with Gasteiger partial charge in [-0.15, -0.1) is 0 Å². The zero-order valence-electron chi connectivity index (χ0n) is 5.65. The smallest absolute Gasteiger partial charge is 0.127 e. The molecule has 0 amide bonds. The average molecular weight is 236 g/mol. The third kappa shape index (κ3) is 2.17. The van der Waals surface area contributed by atoms with Crippen LogP contribution in [-0.2, 0) is 0 Å². The second kappa shape index (κ2) is 3.55. The molecule has 0 bridgehead atoms. The summed E-state index contributed by atoms with van der Waals surface area (Å²) in [4.78, 5) is 0. The zero-order chi connectivity index (χ0) is 8.43. The number of benzene rings is 1. The van der Waals surface area contributed by atoms with E-state index in [0.29, 0.717) is 10.6 Å². The topological polar surface area (TPSA) is 0 Å². The average Bonchev–Trinajstić information content (AvgIpc) is 1.85. The maximum Gasteiger partial charge on any atom is 0.127 e. The van der Waals surface area contributed by atoms with Crippen LogP contribution in [0.15, 0.2) is 22.7 Å². The van der Waals surface area contributed by atoms with Gasteiger partial charge in [-0.3, -0.25) is 0 Å². The Bertz CT molecular complexity index is 260. The number of hydrogen-bond acceptors (Lipinski definition) is 0. The van der Waals surface area contributed by atoms with Gasteiger partial charge in [-0.05, 0) is 19.1 Å². The third-order valence-electron chi connectivity index (χ3n) is 1.30. The van der Waals surface area contributed by atoms with Crippen LogP contribution in [0, 0.1) is 6.92 Å². The van der Waals surface area contributed by atoms with E-state index in [-0.39, 0.29) is 0 Å². The van der Waals surface area contributed by atoms with E-state index in [2.05, 4.69) is 22.9 Å². The summed E-state index contributed by atoms with van der Waals surface area (Å²) in [6.45, 7) is 3.23. The maximum absolute atomic E-state index is 12.6. The lowest BCUT2D eigenvalue weighted by atomic mass is 10.1. The molecule has 0 saturated carbocycles. The van der Waals surface area contributed by atoms with Crippen LogP contribution in [-0.4, -0.2) is 0 Å². The first-order chi connectivity index (χ1) is 5.11. The quantitative estimate of drug-likeness (QED) is 0.693. The van der Waals surface area contributed by atoms with E-state index in [1.165, 1.54) is 0 Å². The molecular weight excluding hydrogens is 230 g/mol. The fourth-order valence-corrected chi connectivity index (χ4v) is 1.55. The molecule has 11 heavy (non-hydrogen) atoms. The monoisotopic (exact) mass is 235 g/mol. The van der Waals surface area contributed by atoms with Crippen LogP contribution in [0.25, 0.3) is 0 Å². The van der Waals surface area contributed by atoms with Gasteiger partial charge >= 0.3 is 0 Å². The lowest BCUT2D eigenvalue weighted by molar-refractivity contribution is 0.411. The Kier molecular flexibility index (Phi) is 2.90. The van der Waals surface area contributed by atoms with Crippen molar-refractivity contribution >= 4 is 27.5 Å². The first kappa shape index (κ1) is 9.01. The van der Waals surface area contributed by atoms with Gasteiger partial charge in [0.15, 0.2) is 0 Å². The second-order valence-corrected chi connectivity index (χ2v) is 3.46. The van der Waals surface area contributed by atoms with Crippen LogP contribution in [0.4, 0.5) is 4.39 Å². The summed E-state index contributed by atoms with van der Waals surface area (Å²) < 4.78 is 13.5. The molecule has 3 heteroatoms. The van der Waals surface area contributed by atoms with E-state index in [4.69, 9.17) is 11.6 Å². The second-order valence-electron chi connectivity index (χ2n) is 2.13. The van der Waals surface area contributed by atoms with Gasteiger partial charge in [-0.25, -0.2) is 4.39 Å². The molecule has 0 heterocycles. The van der Waals surface area contributed by atoms with Crippen LogP contribution in [0.5, 0.6) is 0 Å². The standard InChI is InChI=1S/C8H6BrClF/c1-5(11)7-3-2-6(9)4-8(7)10/h2-5H,1H2. The van der Waals surface area contributed by atoms with E-state index in [9.17, 15) is 4.39 Å². The third-order valence-corrected chi connectivity index (χ3v) is 2.12. The molecule has 0 aliphatic heterocycles. The molecule has 0 spiro atoms. The van der Waals surface area contributed by atoms with Crippen molar-refractivity contribution in [3.63, 3.8) is 0 Å². The fraction of sp³-hybridized carbons (Fsp3) is 0.125. The minimum atomic E-state index is -1.25. The minimum Gasteiger partial charge on any atom is -0.242 e. The number of rotatable bonds is 1. The fourth-order valence-electron chi connectivity index (χ4n) is 0.756. The van der Waals surface area contributed by atoms with Gasteiger partial charge in [0.2, 0.25) is 0 Å². The van der Waals surface area contributed by atoms with Crippen LogP contribution < -0.4 is 0 Å². The molecule has 59 valence electrons.